The maximum atomic E-state index is 12.7. The number of carboxylic acids is 1. The molecule has 2 aromatic rings. The van der Waals surface area contributed by atoms with Crippen molar-refractivity contribution in [3.8, 4) is 11.5 Å². The van der Waals surface area contributed by atoms with Crippen LogP contribution in [0.4, 0.5) is 0 Å². The summed E-state index contributed by atoms with van der Waals surface area (Å²) in [5, 5.41) is 8.96. The second-order valence-electron chi connectivity index (χ2n) is 7.05. The van der Waals surface area contributed by atoms with E-state index in [9.17, 15) is 9.59 Å². The molecular formula is C21H21NO5. The smallest absolute Gasteiger partial charge is 0.335 e. The number of carbonyl (C=O) groups is 2. The van der Waals surface area contributed by atoms with Gasteiger partial charge in [-0.2, -0.15) is 0 Å². The third-order valence-electron chi connectivity index (χ3n) is 5.10. The molecule has 6 nitrogen and oxygen atoms in total. The second kappa shape index (κ2) is 6.95. The van der Waals surface area contributed by atoms with E-state index in [2.05, 4.69) is 0 Å². The van der Waals surface area contributed by atoms with Gasteiger partial charge in [0.15, 0.2) is 11.5 Å². The molecule has 1 fully saturated rings. The summed E-state index contributed by atoms with van der Waals surface area (Å²) in [5.74, 6) is 0.864. The van der Waals surface area contributed by atoms with Gasteiger partial charge in [0, 0.05) is 19.5 Å². The number of carboxylic acid groups (broad SMARTS) is 1. The summed E-state index contributed by atoms with van der Waals surface area (Å²) >= 11 is 0. The minimum Gasteiger partial charge on any atom is -0.486 e. The van der Waals surface area contributed by atoms with Crippen LogP contribution in [0.5, 0.6) is 11.5 Å². The predicted octanol–water partition coefficient (Wildman–Crippen LogP) is 2.92. The van der Waals surface area contributed by atoms with Gasteiger partial charge in [0.2, 0.25) is 5.91 Å². The quantitative estimate of drug-likeness (QED) is 0.879. The first-order chi connectivity index (χ1) is 13.0. The molecule has 1 aliphatic heterocycles. The minimum absolute atomic E-state index is 0.0177. The Kier molecular flexibility index (Phi) is 4.48. The Hall–Kier alpha value is -3.02. The van der Waals surface area contributed by atoms with Crippen molar-refractivity contribution in [3.63, 3.8) is 0 Å². The maximum absolute atomic E-state index is 12.7. The van der Waals surface area contributed by atoms with Gasteiger partial charge in [-0.1, -0.05) is 18.2 Å². The van der Waals surface area contributed by atoms with Crippen LogP contribution in [-0.4, -0.2) is 42.1 Å². The molecular weight excluding hydrogens is 346 g/mol. The Bertz CT molecular complexity index is 877. The van der Waals surface area contributed by atoms with Crippen LogP contribution in [-0.2, 0) is 11.3 Å². The average molecular weight is 367 g/mol. The van der Waals surface area contributed by atoms with E-state index in [0.29, 0.717) is 19.8 Å². The van der Waals surface area contributed by atoms with Crippen LogP contribution >= 0.6 is 0 Å². The van der Waals surface area contributed by atoms with Crippen LogP contribution in [0.25, 0.3) is 0 Å². The molecule has 0 unspecified atom stereocenters. The van der Waals surface area contributed by atoms with Crippen LogP contribution in [0.2, 0.25) is 0 Å². The molecule has 0 saturated heterocycles. The molecule has 0 aromatic heterocycles. The average Bonchev–Trinajstić information content (AvgIpc) is 3.48. The van der Waals surface area contributed by atoms with Gasteiger partial charge in [0.1, 0.15) is 13.2 Å². The Balaban J connectivity index is 1.38. The van der Waals surface area contributed by atoms with Gasteiger partial charge in [-0.3, -0.25) is 4.79 Å². The molecule has 1 saturated carbocycles. The van der Waals surface area contributed by atoms with Gasteiger partial charge in [0.05, 0.1) is 5.56 Å². The first kappa shape index (κ1) is 17.4. The molecule has 1 heterocycles. The summed E-state index contributed by atoms with van der Waals surface area (Å²) in [6, 6.07) is 12.5. The number of carbonyl (C=O) groups excluding carboxylic acids is 1. The summed E-state index contributed by atoms with van der Waals surface area (Å²) in [5.41, 5.74) is 2.26. The number of amides is 1. The van der Waals surface area contributed by atoms with Crippen molar-refractivity contribution in [1.82, 2.24) is 4.90 Å². The molecule has 0 radical (unpaired) electrons. The molecule has 6 heteroatoms. The van der Waals surface area contributed by atoms with Gasteiger partial charge < -0.3 is 19.5 Å². The first-order valence-electron chi connectivity index (χ1n) is 8.99. The van der Waals surface area contributed by atoms with Crippen LogP contribution < -0.4 is 9.47 Å². The Labute approximate surface area is 157 Å². The highest BCUT2D eigenvalue weighted by Crippen LogP contribution is 2.50. The van der Waals surface area contributed by atoms with E-state index in [-0.39, 0.29) is 23.3 Å². The number of nitrogens with zero attached hydrogens (tertiary/aromatic N) is 1. The molecule has 2 aromatic carbocycles. The van der Waals surface area contributed by atoms with Gasteiger partial charge in [-0.15, -0.1) is 0 Å². The fraction of sp³-hybridized carbons (Fsp3) is 0.333. The summed E-state index contributed by atoms with van der Waals surface area (Å²) < 4.78 is 11.2. The fourth-order valence-corrected chi connectivity index (χ4v) is 3.51. The van der Waals surface area contributed by atoms with E-state index in [4.69, 9.17) is 14.6 Å². The number of aromatic carboxylic acids is 1. The molecule has 2 aliphatic rings. The van der Waals surface area contributed by atoms with Crippen molar-refractivity contribution in [3.05, 3.63) is 59.2 Å². The van der Waals surface area contributed by atoms with Crippen molar-refractivity contribution in [1.29, 1.82) is 0 Å². The molecule has 0 spiro atoms. The molecule has 140 valence electrons. The number of hydrogen-bond acceptors (Lipinski definition) is 4. The summed E-state index contributed by atoms with van der Waals surface area (Å²) in [7, 11) is 1.78. The van der Waals surface area contributed by atoms with E-state index >= 15 is 0 Å². The zero-order valence-corrected chi connectivity index (χ0v) is 15.1. The van der Waals surface area contributed by atoms with E-state index in [1.54, 1.807) is 36.2 Å². The first-order valence-corrected chi connectivity index (χ1v) is 8.99. The maximum Gasteiger partial charge on any atom is 0.335 e. The number of fused-ring (bicyclic) bond motifs is 1. The highest BCUT2D eigenvalue weighted by atomic mass is 16.6. The number of rotatable bonds is 5. The Morgan fingerprint density at radius 1 is 1.07 bits per heavy atom. The van der Waals surface area contributed by atoms with Crippen LogP contribution in [0.3, 0.4) is 0 Å². The Morgan fingerprint density at radius 2 is 1.78 bits per heavy atom. The van der Waals surface area contributed by atoms with Crippen LogP contribution in [0, 0.1) is 5.92 Å². The highest BCUT2D eigenvalue weighted by Gasteiger charge is 2.45. The second-order valence-corrected chi connectivity index (χ2v) is 7.05. The van der Waals surface area contributed by atoms with Crippen LogP contribution in [0.1, 0.15) is 33.8 Å². The highest BCUT2D eigenvalue weighted by molar-refractivity contribution is 5.87. The zero-order chi connectivity index (χ0) is 19.0. The lowest BCUT2D eigenvalue weighted by atomic mass is 10.1. The third-order valence-corrected chi connectivity index (χ3v) is 5.10. The SMILES string of the molecule is CN(Cc1ccc(C(=O)O)cc1)C(=O)[C@H]1C[C@H]1c1ccc2c(c1)OCCO2. The van der Waals surface area contributed by atoms with Crippen molar-refractivity contribution < 1.29 is 24.2 Å². The summed E-state index contributed by atoms with van der Waals surface area (Å²) in [4.78, 5) is 25.4. The summed E-state index contributed by atoms with van der Waals surface area (Å²) in [6.45, 7) is 1.57. The molecule has 27 heavy (non-hydrogen) atoms. The van der Waals surface area contributed by atoms with E-state index in [0.717, 1.165) is 29.0 Å². The Morgan fingerprint density at radius 3 is 2.48 bits per heavy atom. The van der Waals surface area contributed by atoms with Crippen molar-refractivity contribution >= 4 is 11.9 Å². The number of hydrogen-bond donors (Lipinski definition) is 1. The van der Waals surface area contributed by atoms with Gasteiger partial charge in [-0.25, -0.2) is 4.79 Å². The molecule has 1 aliphatic carbocycles. The molecule has 4 rings (SSSR count). The number of ether oxygens (including phenoxy) is 2. The molecule has 0 bridgehead atoms. The van der Waals surface area contributed by atoms with Crippen molar-refractivity contribution in [2.75, 3.05) is 20.3 Å². The minimum atomic E-state index is -0.953. The lowest BCUT2D eigenvalue weighted by Gasteiger charge is -2.19. The third kappa shape index (κ3) is 3.60. The van der Waals surface area contributed by atoms with Crippen molar-refractivity contribution in [2.45, 2.75) is 18.9 Å². The normalized spacial score (nSPS) is 20.0. The van der Waals surface area contributed by atoms with E-state index < -0.39 is 5.97 Å². The molecule has 1 N–H and O–H groups in total. The van der Waals surface area contributed by atoms with E-state index in [1.807, 2.05) is 18.2 Å². The lowest BCUT2D eigenvalue weighted by molar-refractivity contribution is -0.131. The predicted molar refractivity (Wildman–Crippen MR) is 98.2 cm³/mol. The summed E-state index contributed by atoms with van der Waals surface area (Å²) in [6.07, 6.45) is 0.834. The van der Waals surface area contributed by atoms with Crippen molar-refractivity contribution in [2.24, 2.45) is 5.92 Å². The topological polar surface area (TPSA) is 76.1 Å². The van der Waals surface area contributed by atoms with Gasteiger partial charge in [-0.05, 0) is 47.7 Å². The van der Waals surface area contributed by atoms with E-state index in [1.165, 1.54) is 0 Å². The van der Waals surface area contributed by atoms with Gasteiger partial charge in [0.25, 0.3) is 0 Å². The zero-order valence-electron chi connectivity index (χ0n) is 15.1. The standard InChI is InChI=1S/C21H21NO5/c1-22(12-13-2-4-14(5-3-13)21(24)25)20(23)17-11-16(17)15-6-7-18-19(10-15)27-9-8-26-18/h2-7,10,16-17H,8-9,11-12H2,1H3,(H,24,25)/t16-,17-/m0/s1. The molecule has 2 atom stereocenters. The lowest BCUT2D eigenvalue weighted by Crippen LogP contribution is -2.28. The monoisotopic (exact) mass is 367 g/mol. The van der Waals surface area contributed by atoms with Crippen LogP contribution in [0.15, 0.2) is 42.5 Å². The molecule has 1 amide bonds. The largest absolute Gasteiger partial charge is 0.486 e. The van der Waals surface area contributed by atoms with Gasteiger partial charge >= 0.3 is 5.97 Å². The number of benzene rings is 2. The fourth-order valence-electron chi connectivity index (χ4n) is 3.51.